The van der Waals surface area contributed by atoms with Gasteiger partial charge < -0.3 is 15.4 Å². The van der Waals surface area contributed by atoms with Crippen LogP contribution in [0.2, 0.25) is 0 Å². The van der Waals surface area contributed by atoms with Gasteiger partial charge in [0.15, 0.2) is 0 Å². The molecule has 1 aromatic rings. The van der Waals surface area contributed by atoms with Crippen LogP contribution in [0.1, 0.15) is 5.56 Å². The molecule has 2 rings (SSSR count). The average Bonchev–Trinajstić information content (AvgIpc) is 2.35. The molecule has 1 atom stereocenters. The maximum atomic E-state index is 11.9. The van der Waals surface area contributed by atoms with Gasteiger partial charge in [-0.2, -0.15) is 0 Å². The summed E-state index contributed by atoms with van der Waals surface area (Å²) in [5.41, 5.74) is 1.93. The number of benzene rings is 1. The van der Waals surface area contributed by atoms with Crippen molar-refractivity contribution in [3.8, 4) is 0 Å². The number of halogens is 2. The standard InChI is InChI=1S/C12H15BrN2O2.ClH/c1-8-2-3-9(6-10(8)13)15-12(16)11-7-17-5-4-14-11;/h2-3,6,11,14H,4-5,7H2,1H3,(H,15,16);1H. The minimum atomic E-state index is -0.260. The molecule has 4 nitrogen and oxygen atoms in total. The summed E-state index contributed by atoms with van der Waals surface area (Å²) < 4.78 is 6.24. The molecular formula is C12H16BrClN2O2. The topological polar surface area (TPSA) is 50.4 Å². The predicted molar refractivity (Wildman–Crippen MR) is 77.4 cm³/mol. The number of hydrogen-bond donors (Lipinski definition) is 2. The Morgan fingerprint density at radius 3 is 2.94 bits per heavy atom. The molecule has 1 aromatic carbocycles. The molecule has 0 aliphatic carbocycles. The lowest BCUT2D eigenvalue weighted by Gasteiger charge is -2.22. The highest BCUT2D eigenvalue weighted by atomic mass is 79.9. The first-order valence-electron chi connectivity index (χ1n) is 5.55. The van der Waals surface area contributed by atoms with Crippen LogP contribution in [0.15, 0.2) is 22.7 Å². The lowest BCUT2D eigenvalue weighted by molar-refractivity contribution is -0.120. The zero-order valence-electron chi connectivity index (χ0n) is 10.0. The molecule has 1 heterocycles. The van der Waals surface area contributed by atoms with E-state index in [4.69, 9.17) is 4.74 Å². The average molecular weight is 336 g/mol. The highest BCUT2D eigenvalue weighted by molar-refractivity contribution is 9.10. The van der Waals surface area contributed by atoms with E-state index >= 15 is 0 Å². The summed E-state index contributed by atoms with van der Waals surface area (Å²) in [4.78, 5) is 11.9. The number of hydrogen-bond acceptors (Lipinski definition) is 3. The van der Waals surface area contributed by atoms with Crippen molar-refractivity contribution in [3.05, 3.63) is 28.2 Å². The van der Waals surface area contributed by atoms with Crippen molar-refractivity contribution in [1.29, 1.82) is 0 Å². The van der Waals surface area contributed by atoms with Crippen molar-refractivity contribution < 1.29 is 9.53 Å². The van der Waals surface area contributed by atoms with Gasteiger partial charge in [0, 0.05) is 16.7 Å². The molecule has 1 fully saturated rings. The zero-order chi connectivity index (χ0) is 12.3. The predicted octanol–water partition coefficient (Wildman–Crippen LogP) is 2.11. The molecule has 0 spiro atoms. The number of carbonyl (C=O) groups excluding carboxylic acids is 1. The first kappa shape index (κ1) is 15.4. The van der Waals surface area contributed by atoms with Gasteiger partial charge in [0.05, 0.1) is 13.2 Å². The first-order valence-corrected chi connectivity index (χ1v) is 6.34. The smallest absolute Gasteiger partial charge is 0.243 e. The molecule has 1 aliphatic heterocycles. The fraction of sp³-hybridized carbons (Fsp3) is 0.417. The second-order valence-corrected chi connectivity index (χ2v) is 4.89. The minimum Gasteiger partial charge on any atom is -0.378 e. The Morgan fingerprint density at radius 2 is 2.33 bits per heavy atom. The normalized spacial score (nSPS) is 18.9. The van der Waals surface area contributed by atoms with Crippen molar-refractivity contribution in [3.63, 3.8) is 0 Å². The summed E-state index contributed by atoms with van der Waals surface area (Å²) in [6.45, 7) is 3.82. The van der Waals surface area contributed by atoms with Crippen molar-refractivity contribution >= 4 is 39.9 Å². The lowest BCUT2D eigenvalue weighted by atomic mass is 10.2. The van der Waals surface area contributed by atoms with Gasteiger partial charge in [0.25, 0.3) is 0 Å². The van der Waals surface area contributed by atoms with Gasteiger partial charge in [-0.3, -0.25) is 4.79 Å². The zero-order valence-corrected chi connectivity index (χ0v) is 12.4. The molecule has 0 aromatic heterocycles. The number of carbonyl (C=O) groups is 1. The van der Waals surface area contributed by atoms with Gasteiger partial charge >= 0.3 is 0 Å². The van der Waals surface area contributed by atoms with Crippen molar-refractivity contribution in [1.82, 2.24) is 5.32 Å². The molecule has 2 N–H and O–H groups in total. The highest BCUT2D eigenvalue weighted by Crippen LogP contribution is 2.20. The van der Waals surface area contributed by atoms with Gasteiger partial charge in [0.1, 0.15) is 6.04 Å². The maximum Gasteiger partial charge on any atom is 0.243 e. The molecule has 1 unspecified atom stereocenters. The third-order valence-corrected chi connectivity index (χ3v) is 3.53. The first-order chi connectivity index (χ1) is 8.16. The number of nitrogens with one attached hydrogen (secondary N) is 2. The summed E-state index contributed by atoms with van der Waals surface area (Å²) in [7, 11) is 0. The Labute approximate surface area is 121 Å². The number of anilines is 1. The molecule has 1 saturated heterocycles. The van der Waals surface area contributed by atoms with Crippen LogP contribution in [0.5, 0.6) is 0 Å². The Morgan fingerprint density at radius 1 is 1.56 bits per heavy atom. The molecule has 18 heavy (non-hydrogen) atoms. The summed E-state index contributed by atoms with van der Waals surface area (Å²) >= 11 is 3.44. The maximum absolute atomic E-state index is 11.9. The van der Waals surface area contributed by atoms with Crippen LogP contribution in [-0.4, -0.2) is 31.7 Å². The van der Waals surface area contributed by atoms with Crippen LogP contribution in [0.4, 0.5) is 5.69 Å². The second kappa shape index (κ2) is 7.09. The van der Waals surface area contributed by atoms with E-state index in [-0.39, 0.29) is 24.4 Å². The molecular weight excluding hydrogens is 320 g/mol. The van der Waals surface area contributed by atoms with Gasteiger partial charge in [-0.15, -0.1) is 12.4 Å². The molecule has 0 bridgehead atoms. The third kappa shape index (κ3) is 3.95. The van der Waals surface area contributed by atoms with E-state index in [0.717, 1.165) is 22.3 Å². The number of ether oxygens (including phenoxy) is 1. The highest BCUT2D eigenvalue weighted by Gasteiger charge is 2.21. The molecule has 0 radical (unpaired) electrons. The minimum absolute atomic E-state index is 0. The number of rotatable bonds is 2. The van der Waals surface area contributed by atoms with E-state index in [1.54, 1.807) is 0 Å². The lowest BCUT2D eigenvalue weighted by Crippen LogP contribution is -2.48. The third-order valence-electron chi connectivity index (χ3n) is 2.68. The number of amides is 1. The van der Waals surface area contributed by atoms with E-state index in [0.29, 0.717) is 13.2 Å². The van der Waals surface area contributed by atoms with Crippen LogP contribution < -0.4 is 10.6 Å². The van der Waals surface area contributed by atoms with Crippen LogP contribution in [0.3, 0.4) is 0 Å². The fourth-order valence-corrected chi connectivity index (χ4v) is 2.01. The van der Waals surface area contributed by atoms with Gasteiger partial charge in [0.2, 0.25) is 5.91 Å². The van der Waals surface area contributed by atoms with E-state index in [2.05, 4.69) is 26.6 Å². The molecule has 100 valence electrons. The Balaban J connectivity index is 0.00000162. The number of morpholine rings is 1. The Bertz CT molecular complexity index is 423. The number of aryl methyl sites for hydroxylation is 1. The summed E-state index contributed by atoms with van der Waals surface area (Å²) in [5.74, 6) is -0.0551. The quantitative estimate of drug-likeness (QED) is 0.870. The van der Waals surface area contributed by atoms with Crippen molar-refractivity contribution in [2.75, 3.05) is 25.1 Å². The Hall–Kier alpha value is -0.620. The van der Waals surface area contributed by atoms with Crippen LogP contribution in [0.25, 0.3) is 0 Å². The van der Waals surface area contributed by atoms with E-state index in [1.165, 1.54) is 0 Å². The fourth-order valence-electron chi connectivity index (χ4n) is 1.63. The van der Waals surface area contributed by atoms with E-state index < -0.39 is 0 Å². The molecule has 1 amide bonds. The summed E-state index contributed by atoms with van der Waals surface area (Å²) in [6, 6.07) is 5.49. The van der Waals surface area contributed by atoms with Gasteiger partial charge in [-0.1, -0.05) is 22.0 Å². The van der Waals surface area contributed by atoms with Crippen LogP contribution in [-0.2, 0) is 9.53 Å². The second-order valence-electron chi connectivity index (χ2n) is 4.03. The molecule has 0 saturated carbocycles. The van der Waals surface area contributed by atoms with Gasteiger partial charge in [-0.05, 0) is 24.6 Å². The van der Waals surface area contributed by atoms with Crippen molar-refractivity contribution in [2.24, 2.45) is 0 Å². The van der Waals surface area contributed by atoms with Crippen LogP contribution >= 0.6 is 28.3 Å². The largest absolute Gasteiger partial charge is 0.378 e. The van der Waals surface area contributed by atoms with Gasteiger partial charge in [-0.25, -0.2) is 0 Å². The SMILES string of the molecule is Cc1ccc(NC(=O)C2COCCN2)cc1Br.Cl. The molecule has 1 aliphatic rings. The Kier molecular flexibility index (Phi) is 6.08. The monoisotopic (exact) mass is 334 g/mol. The molecule has 6 heteroatoms. The summed E-state index contributed by atoms with van der Waals surface area (Å²) in [6.07, 6.45) is 0. The van der Waals surface area contributed by atoms with E-state index in [1.807, 2.05) is 25.1 Å². The van der Waals surface area contributed by atoms with Crippen LogP contribution in [0, 0.1) is 6.92 Å². The van der Waals surface area contributed by atoms with E-state index in [9.17, 15) is 4.79 Å². The van der Waals surface area contributed by atoms with Crippen molar-refractivity contribution in [2.45, 2.75) is 13.0 Å². The summed E-state index contributed by atoms with van der Waals surface area (Å²) in [5, 5.41) is 5.98.